The van der Waals surface area contributed by atoms with Crippen LogP contribution >= 0.6 is 0 Å². The number of aromatic nitrogens is 4. The first-order valence-corrected chi connectivity index (χ1v) is 20.0. The van der Waals surface area contributed by atoms with Gasteiger partial charge in [-0.25, -0.2) is 0 Å². The highest BCUT2D eigenvalue weighted by Crippen LogP contribution is 2.23. The summed E-state index contributed by atoms with van der Waals surface area (Å²) < 4.78 is 7.59. The van der Waals surface area contributed by atoms with Gasteiger partial charge in [0.05, 0.1) is 0 Å². The Morgan fingerprint density at radius 3 is 0.875 bits per heavy atom. The van der Waals surface area contributed by atoms with Gasteiger partial charge in [0.15, 0.2) is 49.6 Å². The maximum Gasteiger partial charge on any atom is 0.289 e. The van der Waals surface area contributed by atoms with Crippen molar-refractivity contribution >= 4 is 23.6 Å². The molecule has 0 radical (unpaired) electrons. The summed E-state index contributed by atoms with van der Waals surface area (Å²) in [7, 11) is 0. The molecule has 4 heterocycles. The molecule has 4 aromatic heterocycles. The van der Waals surface area contributed by atoms with Gasteiger partial charge in [-0.1, -0.05) is 27.7 Å². The van der Waals surface area contributed by atoms with E-state index in [0.717, 1.165) is 48.4 Å². The van der Waals surface area contributed by atoms with Crippen LogP contribution in [0.3, 0.4) is 0 Å². The first kappa shape index (κ1) is 44.9. The van der Waals surface area contributed by atoms with Gasteiger partial charge in [-0.2, -0.15) is 18.3 Å². The standard InChI is InChI=1S/C22H32N4O2.C22H30N4O2/c1-5-25(6-2)21(27)17-23-13-9-19(10-14-23)20-11-15-24(16-12-20)18-22(28)26(7-3)8-4;1-5-21(6-2,19(23)27)25-13-9-17(10-14-25)18-11-15-26(16-12-18)22(7-3,8-4)20(24)28/h9-16H,5-8,17-18H2,1-4H3;9-16H,5-8H2,1-4H3,(H2-2,23,24,27,28)/q+2;/p+2. The fourth-order valence-electron chi connectivity index (χ4n) is 7.17. The summed E-state index contributed by atoms with van der Waals surface area (Å²) in [4.78, 5) is 52.2. The lowest BCUT2D eigenvalue weighted by Crippen LogP contribution is -2.62. The van der Waals surface area contributed by atoms with Gasteiger partial charge in [-0.3, -0.25) is 19.2 Å². The largest absolute Gasteiger partial charge is 0.364 e. The van der Waals surface area contributed by atoms with Crippen molar-refractivity contribution in [2.45, 2.75) is 105 Å². The number of nitrogens with zero attached hydrogens (tertiary/aromatic N) is 6. The lowest BCUT2D eigenvalue weighted by atomic mass is 9.91. The normalized spacial score (nSPS) is 11.3. The predicted molar refractivity (Wildman–Crippen MR) is 216 cm³/mol. The van der Waals surface area contributed by atoms with E-state index < -0.39 is 11.1 Å². The average molecular weight is 769 g/mol. The highest BCUT2D eigenvalue weighted by Gasteiger charge is 2.43. The van der Waals surface area contributed by atoms with E-state index in [9.17, 15) is 19.2 Å². The Balaban J connectivity index is 0.000000300. The van der Waals surface area contributed by atoms with Crippen LogP contribution < -0.4 is 29.7 Å². The molecule has 300 valence electrons. The van der Waals surface area contributed by atoms with Crippen LogP contribution in [-0.4, -0.2) is 59.6 Å². The SMILES string of the molecule is CCC(CC)(C(N)=O)[n+]1ccc(-c2cc[n+](C(CC)(CC)C(N)=O)cc2)cc1.CCN(CC)C(=O)C[n+]1ccc(-c2cc[n+](CC(=O)N(CC)CC)cc2)cc1. The van der Waals surface area contributed by atoms with Crippen LogP contribution in [0, 0.1) is 0 Å². The van der Waals surface area contributed by atoms with E-state index in [-0.39, 0.29) is 23.6 Å². The van der Waals surface area contributed by atoms with Crippen molar-refractivity contribution in [3.05, 3.63) is 98.1 Å². The minimum Gasteiger partial charge on any atom is -0.364 e. The minimum atomic E-state index is -0.707. The molecule has 0 saturated carbocycles. The molecule has 0 aliphatic heterocycles. The van der Waals surface area contributed by atoms with E-state index >= 15 is 0 Å². The summed E-state index contributed by atoms with van der Waals surface area (Å²) in [5.74, 6) is -0.390. The highest BCUT2D eigenvalue weighted by atomic mass is 16.2. The number of amides is 4. The minimum absolute atomic E-state index is 0.126. The number of primary amides is 2. The predicted octanol–water partition coefficient (Wildman–Crippen LogP) is 3.60. The molecule has 4 N–H and O–H groups in total. The third-order valence-electron chi connectivity index (χ3n) is 11.2. The number of nitrogens with two attached hydrogens (primary N) is 2. The Kier molecular flexibility index (Phi) is 16.8. The van der Waals surface area contributed by atoms with Gasteiger partial charge in [0.25, 0.3) is 23.6 Å². The number of likely N-dealkylation sites (N-methyl/N-ethyl adjacent to an activating group) is 2. The quantitative estimate of drug-likeness (QED) is 0.149. The second kappa shape index (κ2) is 21.0. The second-order valence-corrected chi connectivity index (χ2v) is 13.8. The lowest BCUT2D eigenvalue weighted by Gasteiger charge is -2.22. The fraction of sp³-hybridized carbons (Fsp3) is 0.455. The summed E-state index contributed by atoms with van der Waals surface area (Å²) in [5, 5.41) is 0. The number of hydrogen-bond donors (Lipinski definition) is 2. The van der Waals surface area contributed by atoms with Gasteiger partial charge in [-0.05, 0) is 49.9 Å². The molecule has 4 amide bonds. The van der Waals surface area contributed by atoms with E-state index in [2.05, 4.69) is 0 Å². The van der Waals surface area contributed by atoms with E-state index in [1.54, 1.807) is 0 Å². The number of rotatable bonds is 18. The summed E-state index contributed by atoms with van der Waals surface area (Å²) >= 11 is 0. The van der Waals surface area contributed by atoms with Crippen LogP contribution in [0.15, 0.2) is 98.1 Å². The van der Waals surface area contributed by atoms with Crippen molar-refractivity contribution in [1.82, 2.24) is 9.80 Å². The molecule has 4 aromatic rings. The molecule has 12 nitrogen and oxygen atoms in total. The first-order valence-electron chi connectivity index (χ1n) is 20.0. The lowest BCUT2D eigenvalue weighted by molar-refractivity contribution is -0.750. The van der Waals surface area contributed by atoms with Gasteiger partial charge in [0.1, 0.15) is 0 Å². The molecule has 0 bridgehead atoms. The van der Waals surface area contributed by atoms with E-state index in [0.29, 0.717) is 38.8 Å². The number of pyridine rings is 4. The average Bonchev–Trinajstić information content (AvgIpc) is 3.21. The Morgan fingerprint density at radius 1 is 0.446 bits per heavy atom. The van der Waals surface area contributed by atoms with Gasteiger partial charge >= 0.3 is 0 Å². The van der Waals surface area contributed by atoms with Crippen LogP contribution in [0.1, 0.15) is 81.1 Å². The Hall–Kier alpha value is -5.52. The Morgan fingerprint density at radius 2 is 0.679 bits per heavy atom. The van der Waals surface area contributed by atoms with Crippen LogP contribution in [0.25, 0.3) is 22.3 Å². The van der Waals surface area contributed by atoms with E-state index in [4.69, 9.17) is 11.5 Å². The van der Waals surface area contributed by atoms with Gasteiger partial charge in [-0.15, -0.1) is 0 Å². The van der Waals surface area contributed by atoms with Crippen molar-refractivity contribution in [3.8, 4) is 22.3 Å². The van der Waals surface area contributed by atoms with Crippen LogP contribution in [0.4, 0.5) is 0 Å². The maximum absolute atomic E-state index is 12.2. The molecule has 0 unspecified atom stereocenters. The Labute approximate surface area is 333 Å². The molecular formula is C44H64N8O4+4. The molecule has 4 rings (SSSR count). The molecule has 0 saturated heterocycles. The smallest absolute Gasteiger partial charge is 0.289 e. The zero-order valence-corrected chi connectivity index (χ0v) is 34.8. The topological polar surface area (TPSA) is 142 Å². The number of carbonyl (C=O) groups is 4. The molecule has 0 aliphatic rings. The third-order valence-corrected chi connectivity index (χ3v) is 11.2. The number of carbonyl (C=O) groups excluding carboxylic acids is 4. The van der Waals surface area contributed by atoms with Crippen molar-refractivity contribution in [3.63, 3.8) is 0 Å². The van der Waals surface area contributed by atoms with Crippen LogP contribution in [0.5, 0.6) is 0 Å². The van der Waals surface area contributed by atoms with Gasteiger partial charge < -0.3 is 21.3 Å². The van der Waals surface area contributed by atoms with Gasteiger partial charge in [0.2, 0.25) is 24.2 Å². The molecule has 0 spiro atoms. The highest BCUT2D eigenvalue weighted by molar-refractivity contribution is 5.81. The van der Waals surface area contributed by atoms with Crippen molar-refractivity contribution in [2.24, 2.45) is 11.5 Å². The Bertz CT molecular complexity index is 1720. The molecule has 0 atom stereocenters. The van der Waals surface area contributed by atoms with Crippen LogP contribution in [0.2, 0.25) is 0 Å². The summed E-state index contributed by atoms with van der Waals surface area (Å²) in [6, 6.07) is 15.9. The fourth-order valence-corrected chi connectivity index (χ4v) is 7.17. The third kappa shape index (κ3) is 10.4. The first-order chi connectivity index (χ1) is 26.8. The molecule has 12 heteroatoms. The monoisotopic (exact) mass is 769 g/mol. The van der Waals surface area contributed by atoms with Crippen molar-refractivity contribution in [2.75, 3.05) is 26.2 Å². The molecule has 0 aromatic carbocycles. The molecule has 56 heavy (non-hydrogen) atoms. The number of hydrogen-bond acceptors (Lipinski definition) is 4. The second-order valence-electron chi connectivity index (χ2n) is 13.8. The van der Waals surface area contributed by atoms with E-state index in [1.807, 2.05) is 182 Å². The van der Waals surface area contributed by atoms with E-state index in [1.165, 1.54) is 0 Å². The van der Waals surface area contributed by atoms with Gasteiger partial charge in [0, 0.05) is 100 Å². The zero-order chi connectivity index (χ0) is 41.5. The summed E-state index contributed by atoms with van der Waals surface area (Å²) in [6.07, 6.45) is 17.9. The summed E-state index contributed by atoms with van der Waals surface area (Å²) in [6.45, 7) is 19.5. The van der Waals surface area contributed by atoms with Crippen molar-refractivity contribution in [1.29, 1.82) is 0 Å². The van der Waals surface area contributed by atoms with Crippen molar-refractivity contribution < 1.29 is 37.4 Å². The summed E-state index contributed by atoms with van der Waals surface area (Å²) in [5.41, 5.74) is 14.1. The molecule has 0 fully saturated rings. The molecule has 0 aliphatic carbocycles. The molecular weight excluding hydrogens is 705 g/mol. The van der Waals surface area contributed by atoms with Crippen LogP contribution in [-0.2, 0) is 43.3 Å². The maximum atomic E-state index is 12.2. The zero-order valence-electron chi connectivity index (χ0n) is 34.8.